The van der Waals surface area contributed by atoms with Gasteiger partial charge in [0, 0.05) is 49.5 Å². The first-order valence-corrected chi connectivity index (χ1v) is 9.70. The predicted octanol–water partition coefficient (Wildman–Crippen LogP) is 3.59. The maximum absolute atomic E-state index is 13.2. The van der Waals surface area contributed by atoms with E-state index >= 15 is 0 Å². The van der Waals surface area contributed by atoms with Crippen LogP contribution >= 0.6 is 0 Å². The molecule has 8 heteroatoms. The summed E-state index contributed by atoms with van der Waals surface area (Å²) < 4.78 is 13.2. The van der Waals surface area contributed by atoms with Gasteiger partial charge in [-0.3, -0.25) is 14.9 Å². The molecule has 29 heavy (non-hydrogen) atoms. The molecule has 0 atom stereocenters. The lowest BCUT2D eigenvalue weighted by Crippen LogP contribution is -2.31. The number of benzene rings is 2. The summed E-state index contributed by atoms with van der Waals surface area (Å²) in [6.07, 6.45) is 0.810. The fourth-order valence-corrected chi connectivity index (χ4v) is 3.49. The molecule has 0 bridgehead atoms. The molecule has 7 nitrogen and oxygen atoms in total. The molecule has 2 aromatic rings. The van der Waals surface area contributed by atoms with Crippen LogP contribution in [0.15, 0.2) is 42.5 Å². The number of anilines is 2. The van der Waals surface area contributed by atoms with Crippen LogP contribution in [0.3, 0.4) is 0 Å². The molecule has 0 saturated carbocycles. The molecule has 1 N–H and O–H groups in total. The molecule has 0 unspecified atom stereocenters. The number of hydrogen-bond donors (Lipinski definition) is 1. The van der Waals surface area contributed by atoms with Crippen LogP contribution in [0.1, 0.15) is 30.6 Å². The summed E-state index contributed by atoms with van der Waals surface area (Å²) in [4.78, 5) is 27.6. The van der Waals surface area contributed by atoms with Crippen LogP contribution in [0, 0.1) is 15.9 Å². The van der Waals surface area contributed by atoms with E-state index in [1.54, 1.807) is 24.3 Å². The second kappa shape index (κ2) is 8.89. The second-order valence-corrected chi connectivity index (χ2v) is 7.39. The number of nitrogens with zero attached hydrogens (tertiary/aromatic N) is 3. The van der Waals surface area contributed by atoms with E-state index < -0.39 is 4.92 Å². The Hall–Kier alpha value is -3.16. The third kappa shape index (κ3) is 5.01. The molecular formula is C21H25FN4O3. The van der Waals surface area contributed by atoms with Gasteiger partial charge in [-0.05, 0) is 56.7 Å². The van der Waals surface area contributed by atoms with E-state index in [0.717, 1.165) is 18.7 Å². The van der Waals surface area contributed by atoms with E-state index in [1.807, 2.05) is 18.7 Å². The molecule has 2 aromatic carbocycles. The SMILES string of the molecule is CC(C)NC(=O)c1ccc(N2CCCN(c3ccc(F)cc3)CC2)c([N+](=O)[O-])c1. The molecular weight excluding hydrogens is 375 g/mol. The van der Waals surface area contributed by atoms with Crippen molar-refractivity contribution in [2.24, 2.45) is 0 Å². The Morgan fingerprint density at radius 1 is 1.07 bits per heavy atom. The number of nitrogens with one attached hydrogen (secondary N) is 1. The van der Waals surface area contributed by atoms with Crippen LogP contribution in [-0.4, -0.2) is 43.1 Å². The summed E-state index contributed by atoms with van der Waals surface area (Å²) in [7, 11) is 0. The number of rotatable bonds is 5. The summed E-state index contributed by atoms with van der Waals surface area (Å²) in [5.41, 5.74) is 1.65. The topological polar surface area (TPSA) is 78.7 Å². The Morgan fingerprint density at radius 3 is 2.38 bits per heavy atom. The van der Waals surface area contributed by atoms with E-state index in [2.05, 4.69) is 10.2 Å². The Balaban J connectivity index is 1.79. The first-order chi connectivity index (χ1) is 13.8. The van der Waals surface area contributed by atoms with Crippen molar-refractivity contribution in [3.63, 3.8) is 0 Å². The highest BCUT2D eigenvalue weighted by molar-refractivity contribution is 5.96. The van der Waals surface area contributed by atoms with Gasteiger partial charge in [0.15, 0.2) is 0 Å². The lowest BCUT2D eigenvalue weighted by molar-refractivity contribution is -0.384. The highest BCUT2D eigenvalue weighted by Crippen LogP contribution is 2.30. The zero-order chi connectivity index (χ0) is 21.0. The molecule has 0 radical (unpaired) electrons. The maximum atomic E-state index is 13.2. The molecule has 3 rings (SSSR count). The van der Waals surface area contributed by atoms with Gasteiger partial charge in [-0.2, -0.15) is 0 Å². The van der Waals surface area contributed by atoms with E-state index in [0.29, 0.717) is 25.3 Å². The molecule has 0 aromatic heterocycles. The monoisotopic (exact) mass is 400 g/mol. The molecule has 1 aliphatic heterocycles. The van der Waals surface area contributed by atoms with Crippen LogP contribution in [0.2, 0.25) is 0 Å². The van der Waals surface area contributed by atoms with Crippen molar-refractivity contribution in [3.05, 3.63) is 64.0 Å². The first-order valence-electron chi connectivity index (χ1n) is 9.70. The molecule has 1 amide bonds. The third-order valence-electron chi connectivity index (χ3n) is 4.88. The Labute approximate surface area is 169 Å². The smallest absolute Gasteiger partial charge is 0.293 e. The normalized spacial score (nSPS) is 14.6. The van der Waals surface area contributed by atoms with Gasteiger partial charge in [0.1, 0.15) is 11.5 Å². The molecule has 0 spiro atoms. The quantitative estimate of drug-likeness (QED) is 0.613. The van der Waals surface area contributed by atoms with E-state index in [9.17, 15) is 19.3 Å². The van der Waals surface area contributed by atoms with Crippen LogP contribution in [-0.2, 0) is 0 Å². The summed E-state index contributed by atoms with van der Waals surface area (Å²) in [6, 6.07) is 10.9. The molecule has 1 saturated heterocycles. The van der Waals surface area contributed by atoms with Gasteiger partial charge < -0.3 is 15.1 Å². The molecule has 154 valence electrons. The van der Waals surface area contributed by atoms with Crippen LogP contribution in [0.5, 0.6) is 0 Å². The Morgan fingerprint density at radius 2 is 1.72 bits per heavy atom. The zero-order valence-electron chi connectivity index (χ0n) is 16.6. The van der Waals surface area contributed by atoms with Crippen LogP contribution in [0.25, 0.3) is 0 Å². The van der Waals surface area contributed by atoms with E-state index in [1.165, 1.54) is 18.2 Å². The first kappa shape index (κ1) is 20.6. The van der Waals surface area contributed by atoms with Crippen molar-refractivity contribution in [1.82, 2.24) is 5.32 Å². The van der Waals surface area contributed by atoms with Crippen LogP contribution < -0.4 is 15.1 Å². The van der Waals surface area contributed by atoms with Crippen LogP contribution in [0.4, 0.5) is 21.5 Å². The molecule has 1 fully saturated rings. The number of halogens is 1. The number of carbonyl (C=O) groups is 1. The summed E-state index contributed by atoms with van der Waals surface area (Å²) in [5.74, 6) is -0.601. The average molecular weight is 400 g/mol. The number of hydrogen-bond acceptors (Lipinski definition) is 5. The highest BCUT2D eigenvalue weighted by Gasteiger charge is 2.24. The molecule has 1 aliphatic rings. The van der Waals surface area contributed by atoms with Crippen molar-refractivity contribution in [2.45, 2.75) is 26.3 Å². The largest absolute Gasteiger partial charge is 0.370 e. The number of carbonyl (C=O) groups excluding carboxylic acids is 1. The number of nitro benzene ring substituents is 1. The minimum atomic E-state index is -0.440. The molecule has 1 heterocycles. The second-order valence-electron chi connectivity index (χ2n) is 7.39. The van der Waals surface area contributed by atoms with Crippen molar-refractivity contribution < 1.29 is 14.1 Å². The van der Waals surface area contributed by atoms with Gasteiger partial charge in [-0.1, -0.05) is 0 Å². The summed E-state index contributed by atoms with van der Waals surface area (Å²) >= 11 is 0. The predicted molar refractivity (Wildman–Crippen MR) is 111 cm³/mol. The van der Waals surface area contributed by atoms with Crippen molar-refractivity contribution in [3.8, 4) is 0 Å². The Kier molecular flexibility index (Phi) is 6.31. The van der Waals surface area contributed by atoms with Gasteiger partial charge in [0.05, 0.1) is 4.92 Å². The van der Waals surface area contributed by atoms with Crippen molar-refractivity contribution in [1.29, 1.82) is 0 Å². The third-order valence-corrected chi connectivity index (χ3v) is 4.88. The van der Waals surface area contributed by atoms with Gasteiger partial charge in [0.2, 0.25) is 0 Å². The number of amides is 1. The van der Waals surface area contributed by atoms with Gasteiger partial charge in [0.25, 0.3) is 11.6 Å². The fraction of sp³-hybridized carbons (Fsp3) is 0.381. The van der Waals surface area contributed by atoms with E-state index in [-0.39, 0.29) is 29.0 Å². The minimum absolute atomic E-state index is 0.0516. The highest BCUT2D eigenvalue weighted by atomic mass is 19.1. The molecule has 0 aliphatic carbocycles. The zero-order valence-corrected chi connectivity index (χ0v) is 16.6. The summed E-state index contributed by atoms with van der Waals surface area (Å²) in [5, 5.41) is 14.4. The van der Waals surface area contributed by atoms with Gasteiger partial charge in [-0.25, -0.2) is 4.39 Å². The van der Waals surface area contributed by atoms with Crippen molar-refractivity contribution in [2.75, 3.05) is 36.0 Å². The van der Waals surface area contributed by atoms with Gasteiger partial charge in [-0.15, -0.1) is 0 Å². The number of nitro groups is 1. The maximum Gasteiger partial charge on any atom is 0.293 e. The fourth-order valence-electron chi connectivity index (χ4n) is 3.49. The van der Waals surface area contributed by atoms with Crippen molar-refractivity contribution >= 4 is 23.0 Å². The Bertz CT molecular complexity index is 886. The van der Waals surface area contributed by atoms with E-state index in [4.69, 9.17) is 0 Å². The standard InChI is InChI=1S/C21H25FN4O3/c1-15(2)23-21(27)16-4-9-19(20(14-16)26(28)29)25-11-3-10-24(12-13-25)18-7-5-17(22)6-8-18/h4-9,14-15H,3,10-13H2,1-2H3,(H,23,27). The minimum Gasteiger partial charge on any atom is -0.370 e. The summed E-state index contributed by atoms with van der Waals surface area (Å²) in [6.45, 7) is 6.38. The average Bonchev–Trinajstić information content (AvgIpc) is 2.93. The lowest BCUT2D eigenvalue weighted by atomic mass is 10.1. The van der Waals surface area contributed by atoms with Gasteiger partial charge >= 0.3 is 0 Å². The lowest BCUT2D eigenvalue weighted by Gasteiger charge is -2.25.